The van der Waals surface area contributed by atoms with Gasteiger partial charge in [0.25, 0.3) is 0 Å². The van der Waals surface area contributed by atoms with Crippen molar-refractivity contribution >= 4 is 0 Å². The van der Waals surface area contributed by atoms with Gasteiger partial charge in [-0.2, -0.15) is 0 Å². The highest BCUT2D eigenvalue weighted by atomic mass is 16.8. The Hall–Kier alpha value is -0.240. The molecule has 1 aliphatic heterocycles. The zero-order chi connectivity index (χ0) is 12.3. The van der Waals surface area contributed by atoms with Crippen LogP contribution in [0.5, 0.6) is 0 Å². The number of methoxy groups -OCH3 is 1. The summed E-state index contributed by atoms with van der Waals surface area (Å²) < 4.78 is 16.0. The van der Waals surface area contributed by atoms with Crippen LogP contribution in [0.1, 0.15) is 20.3 Å². The van der Waals surface area contributed by atoms with Crippen molar-refractivity contribution in [2.45, 2.75) is 50.6 Å². The van der Waals surface area contributed by atoms with E-state index in [4.69, 9.17) is 25.1 Å². The topological polar surface area (TPSA) is 94.2 Å². The maximum absolute atomic E-state index is 9.69. The van der Waals surface area contributed by atoms with E-state index in [-0.39, 0.29) is 6.61 Å². The molecule has 0 unspecified atom stereocenters. The molecule has 0 amide bonds. The summed E-state index contributed by atoms with van der Waals surface area (Å²) in [4.78, 5) is 0. The minimum absolute atomic E-state index is 0.234. The van der Waals surface area contributed by atoms with Crippen molar-refractivity contribution in [2.75, 3.05) is 13.7 Å². The Morgan fingerprint density at radius 3 is 2.69 bits per heavy atom. The first-order chi connectivity index (χ1) is 7.39. The van der Waals surface area contributed by atoms with E-state index in [1.165, 1.54) is 7.11 Å². The van der Waals surface area contributed by atoms with Crippen LogP contribution in [0.25, 0.3) is 0 Å². The van der Waals surface area contributed by atoms with E-state index in [2.05, 4.69) is 0 Å². The fraction of sp³-hybridized carbons (Fsp3) is 1.00. The van der Waals surface area contributed by atoms with E-state index in [0.29, 0.717) is 6.42 Å². The van der Waals surface area contributed by atoms with Gasteiger partial charge in [-0.3, -0.25) is 0 Å². The van der Waals surface area contributed by atoms with Crippen LogP contribution in [0.15, 0.2) is 0 Å². The molecule has 0 saturated carbocycles. The molecule has 0 aliphatic carbocycles. The van der Waals surface area contributed by atoms with Gasteiger partial charge in [0.05, 0.1) is 18.8 Å². The maximum Gasteiger partial charge on any atom is 0.165 e. The number of aliphatic hydroxyl groups is 2. The van der Waals surface area contributed by atoms with Crippen LogP contribution in [-0.4, -0.2) is 54.3 Å². The van der Waals surface area contributed by atoms with Gasteiger partial charge in [0.1, 0.15) is 6.10 Å². The minimum atomic E-state index is -0.775. The Balaban J connectivity index is 2.50. The highest BCUT2D eigenvalue weighted by molar-refractivity contribution is 4.86. The second-order valence-electron chi connectivity index (χ2n) is 4.40. The van der Waals surface area contributed by atoms with Crippen molar-refractivity contribution in [3.63, 3.8) is 0 Å². The molecule has 1 saturated heterocycles. The van der Waals surface area contributed by atoms with Crippen molar-refractivity contribution in [3.05, 3.63) is 0 Å². The number of nitrogens with two attached hydrogens (primary N) is 1. The standard InChI is InChI=1S/C10H21NO5/c1-10(2,14-3)16-8-4-7(13)9(15-8)6(11)5-12/h6-9,12-13H,4-5,11H2,1-3H3/t6-,7+,8+,9+/m0/s1. The summed E-state index contributed by atoms with van der Waals surface area (Å²) in [6, 6.07) is -0.603. The van der Waals surface area contributed by atoms with Crippen LogP contribution in [0, 0.1) is 0 Å². The van der Waals surface area contributed by atoms with Gasteiger partial charge < -0.3 is 30.2 Å². The number of hydrogen-bond acceptors (Lipinski definition) is 6. The molecule has 6 nitrogen and oxygen atoms in total. The predicted molar refractivity (Wildman–Crippen MR) is 56.5 cm³/mol. The van der Waals surface area contributed by atoms with Crippen molar-refractivity contribution in [1.82, 2.24) is 0 Å². The fourth-order valence-corrected chi connectivity index (χ4v) is 1.58. The second kappa shape index (κ2) is 5.39. The average Bonchev–Trinajstić information content (AvgIpc) is 2.57. The SMILES string of the molecule is COC(C)(C)O[C@@H]1C[C@@H](O)[C@@H]([C@@H](N)CO)O1. The molecule has 16 heavy (non-hydrogen) atoms. The van der Waals surface area contributed by atoms with Crippen molar-refractivity contribution in [1.29, 1.82) is 0 Å². The van der Waals surface area contributed by atoms with E-state index in [1.807, 2.05) is 0 Å². The van der Waals surface area contributed by atoms with Crippen LogP contribution in [0.4, 0.5) is 0 Å². The number of rotatable bonds is 5. The quantitative estimate of drug-likeness (QED) is 0.539. The molecule has 0 radical (unpaired) electrons. The first kappa shape index (κ1) is 13.8. The van der Waals surface area contributed by atoms with Gasteiger partial charge in [-0.15, -0.1) is 0 Å². The molecule has 0 spiro atoms. The van der Waals surface area contributed by atoms with Crippen molar-refractivity contribution < 1.29 is 24.4 Å². The Morgan fingerprint density at radius 2 is 2.19 bits per heavy atom. The molecular weight excluding hydrogens is 214 g/mol. The molecule has 1 aliphatic rings. The number of aliphatic hydroxyl groups excluding tert-OH is 2. The molecule has 1 heterocycles. The molecule has 96 valence electrons. The number of hydrogen-bond donors (Lipinski definition) is 3. The average molecular weight is 235 g/mol. The van der Waals surface area contributed by atoms with Gasteiger partial charge in [0.15, 0.2) is 12.1 Å². The third-order valence-corrected chi connectivity index (χ3v) is 2.66. The Kier molecular flexibility index (Phi) is 4.66. The van der Waals surface area contributed by atoms with Gasteiger partial charge >= 0.3 is 0 Å². The largest absolute Gasteiger partial charge is 0.395 e. The van der Waals surface area contributed by atoms with Crippen LogP contribution in [-0.2, 0) is 14.2 Å². The lowest BCUT2D eigenvalue weighted by Crippen LogP contribution is -2.43. The van der Waals surface area contributed by atoms with Gasteiger partial charge in [-0.05, 0) is 13.8 Å². The molecule has 0 bridgehead atoms. The van der Waals surface area contributed by atoms with Crippen molar-refractivity contribution in [2.24, 2.45) is 5.73 Å². The number of ether oxygens (including phenoxy) is 3. The van der Waals surface area contributed by atoms with E-state index in [1.54, 1.807) is 13.8 Å². The summed E-state index contributed by atoms with van der Waals surface area (Å²) in [6.45, 7) is 3.27. The van der Waals surface area contributed by atoms with E-state index in [9.17, 15) is 5.11 Å². The zero-order valence-electron chi connectivity index (χ0n) is 9.92. The molecular formula is C10H21NO5. The van der Waals surface area contributed by atoms with Crippen LogP contribution in [0.3, 0.4) is 0 Å². The highest BCUT2D eigenvalue weighted by Crippen LogP contribution is 2.26. The molecule has 1 rings (SSSR count). The predicted octanol–water partition coefficient (Wildman–Crippen LogP) is -0.819. The van der Waals surface area contributed by atoms with Gasteiger partial charge in [0, 0.05) is 13.5 Å². The summed E-state index contributed by atoms with van der Waals surface area (Å²) >= 11 is 0. The summed E-state index contributed by atoms with van der Waals surface area (Å²) in [6.07, 6.45) is -1.56. The van der Waals surface area contributed by atoms with Crippen molar-refractivity contribution in [3.8, 4) is 0 Å². The van der Waals surface area contributed by atoms with Crippen LogP contribution >= 0.6 is 0 Å². The molecule has 1 fully saturated rings. The third-order valence-electron chi connectivity index (χ3n) is 2.66. The minimum Gasteiger partial charge on any atom is -0.395 e. The zero-order valence-corrected chi connectivity index (χ0v) is 9.92. The molecule has 0 aromatic heterocycles. The van der Waals surface area contributed by atoms with Gasteiger partial charge in [0.2, 0.25) is 0 Å². The molecule has 0 aromatic carbocycles. The molecule has 4 N–H and O–H groups in total. The van der Waals surface area contributed by atoms with Gasteiger partial charge in [-0.25, -0.2) is 0 Å². The Morgan fingerprint density at radius 1 is 1.56 bits per heavy atom. The maximum atomic E-state index is 9.69. The summed E-state index contributed by atoms with van der Waals surface area (Å²) in [5, 5.41) is 18.6. The first-order valence-corrected chi connectivity index (χ1v) is 5.32. The second-order valence-corrected chi connectivity index (χ2v) is 4.40. The fourth-order valence-electron chi connectivity index (χ4n) is 1.58. The van der Waals surface area contributed by atoms with E-state index in [0.717, 1.165) is 0 Å². The lowest BCUT2D eigenvalue weighted by molar-refractivity contribution is -0.280. The molecule has 0 aromatic rings. The van der Waals surface area contributed by atoms with Crippen LogP contribution < -0.4 is 5.73 Å². The summed E-state index contributed by atoms with van der Waals surface area (Å²) in [7, 11) is 1.53. The Labute approximate surface area is 95.3 Å². The smallest absolute Gasteiger partial charge is 0.165 e. The van der Waals surface area contributed by atoms with Crippen LogP contribution in [0.2, 0.25) is 0 Å². The van der Waals surface area contributed by atoms with Gasteiger partial charge in [-0.1, -0.05) is 0 Å². The first-order valence-electron chi connectivity index (χ1n) is 5.32. The third kappa shape index (κ3) is 3.38. The lowest BCUT2D eigenvalue weighted by atomic mass is 10.1. The molecule has 6 heteroatoms. The Bertz CT molecular complexity index is 223. The monoisotopic (exact) mass is 235 g/mol. The highest BCUT2D eigenvalue weighted by Gasteiger charge is 2.40. The lowest BCUT2D eigenvalue weighted by Gasteiger charge is -2.27. The molecule has 4 atom stereocenters. The summed E-state index contributed by atoms with van der Waals surface area (Å²) in [5.74, 6) is -0.775. The normalized spacial score (nSPS) is 33.0. The summed E-state index contributed by atoms with van der Waals surface area (Å²) in [5.41, 5.74) is 5.61. The van der Waals surface area contributed by atoms with E-state index < -0.39 is 30.3 Å². The van der Waals surface area contributed by atoms with E-state index >= 15 is 0 Å².